The van der Waals surface area contributed by atoms with Gasteiger partial charge in [-0.2, -0.15) is 0 Å². The number of rotatable bonds is 5. The summed E-state index contributed by atoms with van der Waals surface area (Å²) in [5.74, 6) is -0.246. The van der Waals surface area contributed by atoms with E-state index >= 15 is 0 Å². The zero-order valence-corrected chi connectivity index (χ0v) is 12.0. The summed E-state index contributed by atoms with van der Waals surface area (Å²) in [5.41, 5.74) is -0.315. The van der Waals surface area contributed by atoms with Gasteiger partial charge in [-0.25, -0.2) is 0 Å². The Morgan fingerprint density at radius 3 is 2.50 bits per heavy atom. The molecular formula is C13H19N3O4. The number of amides is 1. The molecule has 0 radical (unpaired) electrons. The lowest BCUT2D eigenvalue weighted by atomic mass is 10.0. The van der Waals surface area contributed by atoms with Gasteiger partial charge in [0.1, 0.15) is 5.69 Å². The molecule has 2 N–H and O–H groups in total. The average molecular weight is 281 g/mol. The second-order valence-electron chi connectivity index (χ2n) is 5.36. The topological polar surface area (TPSA) is 95.7 Å². The number of hydrogen-bond donors (Lipinski definition) is 2. The number of aliphatic hydroxyl groups excluding tert-OH is 1. The highest BCUT2D eigenvalue weighted by atomic mass is 16.6. The van der Waals surface area contributed by atoms with Gasteiger partial charge in [0, 0.05) is 25.7 Å². The zero-order chi connectivity index (χ0) is 15.5. The smallest absolute Gasteiger partial charge is 0.292 e. The number of aliphatic hydroxyl groups is 1. The fraction of sp³-hybridized carbons (Fsp3) is 0.462. The maximum atomic E-state index is 11.9. The molecule has 110 valence electrons. The molecule has 0 fully saturated rings. The van der Waals surface area contributed by atoms with E-state index in [0.29, 0.717) is 5.56 Å². The highest BCUT2D eigenvalue weighted by molar-refractivity contribution is 5.95. The number of nitro groups is 1. The highest BCUT2D eigenvalue weighted by Gasteiger charge is 2.23. The molecule has 7 heteroatoms. The van der Waals surface area contributed by atoms with Gasteiger partial charge in [-0.05, 0) is 26.0 Å². The lowest BCUT2D eigenvalue weighted by molar-refractivity contribution is -0.384. The molecule has 1 amide bonds. The minimum atomic E-state index is -0.732. The number of nitro benzene ring substituents is 1. The lowest BCUT2D eigenvalue weighted by Gasteiger charge is -2.25. The van der Waals surface area contributed by atoms with Crippen LogP contribution in [0.25, 0.3) is 0 Å². The summed E-state index contributed by atoms with van der Waals surface area (Å²) < 4.78 is 0. The standard InChI is InChI=1S/C13H19N3O4/c1-13(2,8-17)14-10-7-9(12(18)15(3)4)5-6-11(10)16(19)20/h5-7,14,17H,8H2,1-4H3. The SMILES string of the molecule is CN(C)C(=O)c1ccc([N+](=O)[O-])c(NC(C)(C)CO)c1. The first kappa shape index (κ1) is 15.9. The third-order valence-corrected chi connectivity index (χ3v) is 2.71. The van der Waals surface area contributed by atoms with Crippen molar-refractivity contribution in [3.8, 4) is 0 Å². The molecule has 1 rings (SSSR count). The van der Waals surface area contributed by atoms with Gasteiger partial charge in [0.2, 0.25) is 0 Å². The van der Waals surface area contributed by atoms with E-state index in [1.54, 1.807) is 27.9 Å². The van der Waals surface area contributed by atoms with E-state index in [2.05, 4.69) is 5.32 Å². The monoisotopic (exact) mass is 281 g/mol. The van der Waals surface area contributed by atoms with Crippen LogP contribution in [0.1, 0.15) is 24.2 Å². The van der Waals surface area contributed by atoms with Crippen molar-refractivity contribution in [3.63, 3.8) is 0 Å². The first-order valence-electron chi connectivity index (χ1n) is 6.07. The molecule has 0 saturated carbocycles. The molecule has 0 aliphatic carbocycles. The van der Waals surface area contributed by atoms with Crippen LogP contribution < -0.4 is 5.32 Å². The Balaban J connectivity index is 3.26. The second-order valence-corrected chi connectivity index (χ2v) is 5.36. The van der Waals surface area contributed by atoms with Crippen LogP contribution >= 0.6 is 0 Å². The molecule has 0 bridgehead atoms. The molecule has 1 aromatic carbocycles. The minimum Gasteiger partial charge on any atom is -0.394 e. The Kier molecular flexibility index (Phi) is 4.67. The summed E-state index contributed by atoms with van der Waals surface area (Å²) in [7, 11) is 3.21. The first-order chi connectivity index (χ1) is 9.18. The minimum absolute atomic E-state index is 0.137. The largest absolute Gasteiger partial charge is 0.394 e. The highest BCUT2D eigenvalue weighted by Crippen LogP contribution is 2.28. The Morgan fingerprint density at radius 2 is 2.05 bits per heavy atom. The molecular weight excluding hydrogens is 262 g/mol. The van der Waals surface area contributed by atoms with Gasteiger partial charge >= 0.3 is 0 Å². The lowest BCUT2D eigenvalue weighted by Crippen LogP contribution is -2.35. The summed E-state index contributed by atoms with van der Waals surface area (Å²) in [4.78, 5) is 23.8. The van der Waals surface area contributed by atoms with Crippen molar-refractivity contribution in [2.24, 2.45) is 0 Å². The van der Waals surface area contributed by atoms with Gasteiger partial charge in [0.25, 0.3) is 11.6 Å². The van der Waals surface area contributed by atoms with Crippen LogP contribution in [0.15, 0.2) is 18.2 Å². The molecule has 0 heterocycles. The van der Waals surface area contributed by atoms with E-state index in [4.69, 9.17) is 0 Å². The molecule has 7 nitrogen and oxygen atoms in total. The maximum Gasteiger partial charge on any atom is 0.292 e. The Bertz CT molecular complexity index is 526. The predicted molar refractivity (Wildman–Crippen MR) is 75.9 cm³/mol. The van der Waals surface area contributed by atoms with Gasteiger partial charge in [0.05, 0.1) is 17.1 Å². The number of nitrogens with zero attached hydrogens (tertiary/aromatic N) is 2. The second kappa shape index (κ2) is 5.87. The number of carbonyl (C=O) groups excluding carboxylic acids is 1. The van der Waals surface area contributed by atoms with E-state index in [9.17, 15) is 20.0 Å². The van der Waals surface area contributed by atoms with Crippen LogP contribution in [0.4, 0.5) is 11.4 Å². The molecule has 0 aromatic heterocycles. The van der Waals surface area contributed by atoms with Crippen molar-refractivity contribution < 1.29 is 14.8 Å². The van der Waals surface area contributed by atoms with Crippen molar-refractivity contribution in [1.29, 1.82) is 0 Å². The fourth-order valence-electron chi connectivity index (χ4n) is 1.59. The number of nitrogens with one attached hydrogen (secondary N) is 1. The van der Waals surface area contributed by atoms with Gasteiger partial charge in [0.15, 0.2) is 0 Å². The fourth-order valence-corrected chi connectivity index (χ4v) is 1.59. The van der Waals surface area contributed by atoms with Crippen LogP contribution in [0.5, 0.6) is 0 Å². The van der Waals surface area contributed by atoms with Crippen LogP contribution in [-0.4, -0.2) is 47.1 Å². The van der Waals surface area contributed by atoms with Gasteiger partial charge < -0.3 is 15.3 Å². The average Bonchev–Trinajstić information content (AvgIpc) is 2.36. The molecule has 0 aliphatic rings. The number of carbonyl (C=O) groups is 1. The number of hydrogen-bond acceptors (Lipinski definition) is 5. The maximum absolute atomic E-state index is 11.9. The van der Waals surface area contributed by atoms with Crippen molar-refractivity contribution >= 4 is 17.3 Å². The molecule has 0 saturated heterocycles. The van der Waals surface area contributed by atoms with Crippen LogP contribution in [0, 0.1) is 10.1 Å². The van der Waals surface area contributed by atoms with E-state index in [1.807, 2.05) is 0 Å². The molecule has 0 unspecified atom stereocenters. The summed E-state index contributed by atoms with van der Waals surface area (Å²) in [6.07, 6.45) is 0. The Morgan fingerprint density at radius 1 is 1.45 bits per heavy atom. The normalized spacial score (nSPS) is 11.1. The van der Waals surface area contributed by atoms with Gasteiger partial charge in [-0.15, -0.1) is 0 Å². The van der Waals surface area contributed by atoms with Crippen molar-refractivity contribution in [2.75, 3.05) is 26.0 Å². The Labute approximate surface area is 117 Å². The summed E-state index contributed by atoms with van der Waals surface area (Å²) in [6.45, 7) is 3.21. The molecule has 20 heavy (non-hydrogen) atoms. The summed E-state index contributed by atoms with van der Waals surface area (Å²) in [6, 6.07) is 4.13. The summed E-state index contributed by atoms with van der Waals surface area (Å²) in [5, 5.41) is 23.2. The number of anilines is 1. The quantitative estimate of drug-likeness (QED) is 0.629. The first-order valence-corrected chi connectivity index (χ1v) is 6.07. The molecule has 1 aromatic rings. The van der Waals surface area contributed by atoms with Crippen LogP contribution in [-0.2, 0) is 0 Å². The van der Waals surface area contributed by atoms with Crippen LogP contribution in [0.2, 0.25) is 0 Å². The van der Waals surface area contributed by atoms with E-state index < -0.39 is 10.5 Å². The van der Waals surface area contributed by atoms with Gasteiger partial charge in [-0.1, -0.05) is 0 Å². The molecule has 0 spiro atoms. The van der Waals surface area contributed by atoms with Crippen molar-refractivity contribution in [2.45, 2.75) is 19.4 Å². The Hall–Kier alpha value is -2.15. The zero-order valence-electron chi connectivity index (χ0n) is 12.0. The number of benzene rings is 1. The van der Waals surface area contributed by atoms with E-state index in [1.165, 1.54) is 23.1 Å². The molecule has 0 atom stereocenters. The van der Waals surface area contributed by atoms with Crippen molar-refractivity contribution in [1.82, 2.24) is 4.90 Å². The van der Waals surface area contributed by atoms with Crippen molar-refractivity contribution in [3.05, 3.63) is 33.9 Å². The third kappa shape index (κ3) is 3.67. The van der Waals surface area contributed by atoms with E-state index in [-0.39, 0.29) is 23.9 Å². The summed E-state index contributed by atoms with van der Waals surface area (Å²) >= 11 is 0. The van der Waals surface area contributed by atoms with E-state index in [0.717, 1.165) is 0 Å². The van der Waals surface area contributed by atoms with Gasteiger partial charge in [-0.3, -0.25) is 14.9 Å². The predicted octanol–water partition coefficient (Wildman–Crippen LogP) is 1.48. The molecule has 0 aliphatic heterocycles. The van der Waals surface area contributed by atoms with Crippen LogP contribution in [0.3, 0.4) is 0 Å². The third-order valence-electron chi connectivity index (χ3n) is 2.71.